The fraction of sp³-hybridized carbons (Fsp3) is 0.200. The van der Waals surface area contributed by atoms with Crippen LogP contribution in [0.1, 0.15) is 5.69 Å². The van der Waals surface area contributed by atoms with E-state index in [1.807, 2.05) is 13.0 Å². The van der Waals surface area contributed by atoms with Crippen molar-refractivity contribution >= 4 is 33.7 Å². The molecule has 0 atom stereocenters. The first-order chi connectivity index (χ1) is 14.0. The van der Waals surface area contributed by atoms with Gasteiger partial charge in [-0.1, -0.05) is 12.1 Å². The maximum Gasteiger partial charge on any atom is 0.260 e. The number of aromatic amines is 1. The van der Waals surface area contributed by atoms with Gasteiger partial charge in [-0.2, -0.15) is 0 Å². The van der Waals surface area contributed by atoms with Crippen LogP contribution in [0.3, 0.4) is 0 Å². The van der Waals surface area contributed by atoms with Gasteiger partial charge in [-0.25, -0.2) is 15.0 Å². The van der Waals surface area contributed by atoms with Gasteiger partial charge < -0.3 is 14.2 Å². The second kappa shape index (κ2) is 7.27. The normalized spacial score (nSPS) is 10.9. The Labute approximate surface area is 165 Å². The summed E-state index contributed by atoms with van der Waals surface area (Å²) in [5.74, 6) is 1.97. The molecule has 4 rings (SSSR count). The summed E-state index contributed by atoms with van der Waals surface area (Å²) in [7, 11) is 4.63. The van der Waals surface area contributed by atoms with E-state index >= 15 is 0 Å². The highest BCUT2D eigenvalue weighted by molar-refractivity contribution is 5.93. The first kappa shape index (κ1) is 18.5. The van der Waals surface area contributed by atoms with Crippen molar-refractivity contribution in [3.05, 3.63) is 46.4 Å². The van der Waals surface area contributed by atoms with Gasteiger partial charge in [0.25, 0.3) is 5.56 Å². The van der Waals surface area contributed by atoms with E-state index in [2.05, 4.69) is 25.3 Å². The van der Waals surface area contributed by atoms with Gasteiger partial charge in [-0.15, -0.1) is 0 Å². The van der Waals surface area contributed by atoms with E-state index in [1.54, 1.807) is 45.6 Å². The molecule has 9 nitrogen and oxygen atoms in total. The minimum absolute atomic E-state index is 0.247. The molecule has 0 amide bonds. The Hall–Kier alpha value is -3.88. The van der Waals surface area contributed by atoms with Gasteiger partial charge in [0.15, 0.2) is 11.5 Å². The van der Waals surface area contributed by atoms with Crippen LogP contribution in [-0.2, 0) is 0 Å². The number of hydrogen-bond acceptors (Lipinski definition) is 8. The molecular formula is C20H19N5O4. The van der Waals surface area contributed by atoms with Gasteiger partial charge >= 0.3 is 0 Å². The molecule has 0 unspecified atom stereocenters. The number of ether oxygens (including phenoxy) is 3. The minimum atomic E-state index is -0.247. The first-order valence-electron chi connectivity index (χ1n) is 8.79. The van der Waals surface area contributed by atoms with Crippen LogP contribution in [0, 0.1) is 6.92 Å². The van der Waals surface area contributed by atoms with Crippen molar-refractivity contribution in [2.45, 2.75) is 6.92 Å². The maximum atomic E-state index is 12.3. The average molecular weight is 393 g/mol. The number of aromatic nitrogens is 4. The van der Waals surface area contributed by atoms with Crippen LogP contribution in [-0.4, -0.2) is 41.3 Å². The van der Waals surface area contributed by atoms with Crippen molar-refractivity contribution in [3.63, 3.8) is 0 Å². The Morgan fingerprint density at radius 3 is 2.41 bits per heavy atom. The Morgan fingerprint density at radius 1 is 0.931 bits per heavy atom. The number of rotatable bonds is 5. The molecular weight excluding hydrogens is 374 g/mol. The molecule has 0 radical (unpaired) electrons. The SMILES string of the molecule is COc1cc2nc(Nc3nc4ccccc4c(=O)[nH]3)nc(C)c2c(OC)c1OC. The number of benzene rings is 2. The average Bonchev–Trinajstić information content (AvgIpc) is 2.72. The summed E-state index contributed by atoms with van der Waals surface area (Å²) in [5.41, 5.74) is 1.59. The van der Waals surface area contributed by atoms with Crippen molar-refractivity contribution in [2.24, 2.45) is 0 Å². The molecule has 148 valence electrons. The lowest BCUT2D eigenvalue weighted by Gasteiger charge is -2.16. The van der Waals surface area contributed by atoms with E-state index in [-0.39, 0.29) is 17.5 Å². The van der Waals surface area contributed by atoms with Gasteiger partial charge in [-0.05, 0) is 19.1 Å². The largest absolute Gasteiger partial charge is 0.493 e. The second-order valence-electron chi connectivity index (χ2n) is 6.23. The lowest BCUT2D eigenvalue weighted by Crippen LogP contribution is -2.12. The fourth-order valence-corrected chi connectivity index (χ4v) is 3.24. The Bertz CT molecular complexity index is 1290. The van der Waals surface area contributed by atoms with Gasteiger partial charge in [0.05, 0.1) is 48.8 Å². The van der Waals surface area contributed by atoms with Crippen LogP contribution < -0.4 is 25.1 Å². The van der Waals surface area contributed by atoms with E-state index in [1.165, 1.54) is 0 Å². The van der Waals surface area contributed by atoms with E-state index in [9.17, 15) is 4.79 Å². The van der Waals surface area contributed by atoms with Gasteiger partial charge in [0.1, 0.15) is 0 Å². The highest BCUT2D eigenvalue weighted by Gasteiger charge is 2.20. The van der Waals surface area contributed by atoms with Gasteiger partial charge in [-0.3, -0.25) is 15.1 Å². The zero-order chi connectivity index (χ0) is 20.5. The highest BCUT2D eigenvalue weighted by Crippen LogP contribution is 2.43. The summed E-state index contributed by atoms with van der Waals surface area (Å²) in [6, 6.07) is 8.84. The number of para-hydroxylation sites is 1. The number of nitrogens with zero attached hydrogens (tertiary/aromatic N) is 3. The molecule has 0 aliphatic heterocycles. The zero-order valence-electron chi connectivity index (χ0n) is 16.4. The smallest absolute Gasteiger partial charge is 0.260 e. The lowest BCUT2D eigenvalue weighted by molar-refractivity contribution is 0.327. The third kappa shape index (κ3) is 3.16. The van der Waals surface area contributed by atoms with E-state index in [0.29, 0.717) is 44.7 Å². The summed E-state index contributed by atoms with van der Waals surface area (Å²) in [4.78, 5) is 28.4. The summed E-state index contributed by atoms with van der Waals surface area (Å²) < 4.78 is 16.4. The number of nitrogens with one attached hydrogen (secondary N) is 2. The molecule has 0 bridgehead atoms. The Morgan fingerprint density at radius 2 is 1.69 bits per heavy atom. The molecule has 0 aliphatic rings. The Kier molecular flexibility index (Phi) is 4.63. The van der Waals surface area contributed by atoms with Gasteiger partial charge in [0.2, 0.25) is 17.6 Å². The van der Waals surface area contributed by atoms with Crippen molar-refractivity contribution < 1.29 is 14.2 Å². The molecule has 0 saturated carbocycles. The second-order valence-corrected chi connectivity index (χ2v) is 6.23. The van der Waals surface area contributed by atoms with Crippen LogP contribution in [0.15, 0.2) is 35.1 Å². The number of hydrogen-bond donors (Lipinski definition) is 2. The van der Waals surface area contributed by atoms with Crippen molar-refractivity contribution in [2.75, 3.05) is 26.6 Å². The molecule has 2 aromatic carbocycles. The van der Waals surface area contributed by atoms with Crippen LogP contribution in [0.4, 0.5) is 11.9 Å². The van der Waals surface area contributed by atoms with Gasteiger partial charge in [0, 0.05) is 6.07 Å². The van der Waals surface area contributed by atoms with Crippen molar-refractivity contribution in [1.29, 1.82) is 0 Å². The first-order valence-corrected chi connectivity index (χ1v) is 8.79. The summed E-state index contributed by atoms with van der Waals surface area (Å²) in [5, 5.41) is 4.19. The van der Waals surface area contributed by atoms with Crippen LogP contribution in [0.25, 0.3) is 21.8 Å². The molecule has 0 fully saturated rings. The zero-order valence-corrected chi connectivity index (χ0v) is 16.4. The molecule has 2 aromatic heterocycles. The molecule has 29 heavy (non-hydrogen) atoms. The van der Waals surface area contributed by atoms with Crippen LogP contribution in [0.2, 0.25) is 0 Å². The molecule has 2 heterocycles. The van der Waals surface area contributed by atoms with E-state index in [0.717, 1.165) is 0 Å². The van der Waals surface area contributed by atoms with Crippen LogP contribution >= 0.6 is 0 Å². The van der Waals surface area contributed by atoms with E-state index in [4.69, 9.17) is 14.2 Å². The molecule has 4 aromatic rings. The molecule has 0 spiro atoms. The number of fused-ring (bicyclic) bond motifs is 2. The highest BCUT2D eigenvalue weighted by atomic mass is 16.5. The topological polar surface area (TPSA) is 111 Å². The number of anilines is 2. The van der Waals surface area contributed by atoms with Crippen molar-refractivity contribution in [3.8, 4) is 17.2 Å². The number of H-pyrrole nitrogens is 1. The molecule has 0 aliphatic carbocycles. The Balaban J connectivity index is 1.84. The maximum absolute atomic E-state index is 12.3. The standard InChI is InChI=1S/C20H19N5O4/c1-10-15-13(9-14(27-2)16(28-3)17(15)29-4)23-19(21-10)25-20-22-12-8-6-5-7-11(12)18(26)24-20/h5-9H,1-4H3,(H2,21,22,23,24,25,26). The van der Waals surface area contributed by atoms with E-state index < -0.39 is 0 Å². The minimum Gasteiger partial charge on any atom is -0.493 e. The quantitative estimate of drug-likeness (QED) is 0.532. The summed E-state index contributed by atoms with van der Waals surface area (Å²) in [6.07, 6.45) is 0. The summed E-state index contributed by atoms with van der Waals surface area (Å²) in [6.45, 7) is 1.83. The summed E-state index contributed by atoms with van der Waals surface area (Å²) >= 11 is 0. The van der Waals surface area contributed by atoms with Crippen LogP contribution in [0.5, 0.6) is 17.2 Å². The molecule has 9 heteroatoms. The third-order valence-electron chi connectivity index (χ3n) is 4.51. The molecule has 2 N–H and O–H groups in total. The number of aryl methyl sites for hydroxylation is 1. The monoisotopic (exact) mass is 393 g/mol. The predicted molar refractivity (Wildman–Crippen MR) is 110 cm³/mol. The predicted octanol–water partition coefficient (Wildman–Crippen LogP) is 2.94. The lowest BCUT2D eigenvalue weighted by atomic mass is 10.1. The fourth-order valence-electron chi connectivity index (χ4n) is 3.24. The van der Waals surface area contributed by atoms with Crippen molar-refractivity contribution in [1.82, 2.24) is 19.9 Å². The third-order valence-corrected chi connectivity index (χ3v) is 4.51. The number of methoxy groups -OCH3 is 3. The molecule has 0 saturated heterocycles.